The Labute approximate surface area is 94.4 Å². The van der Waals surface area contributed by atoms with Crippen molar-refractivity contribution in [2.45, 2.75) is 32.4 Å². The summed E-state index contributed by atoms with van der Waals surface area (Å²) in [4.78, 5) is 13.5. The van der Waals surface area contributed by atoms with Gasteiger partial charge in [0, 0.05) is 13.1 Å². The highest BCUT2D eigenvalue weighted by Crippen LogP contribution is 2.13. The third-order valence-corrected chi connectivity index (χ3v) is 2.70. The van der Waals surface area contributed by atoms with Crippen LogP contribution in [0.25, 0.3) is 0 Å². The molecule has 1 aliphatic heterocycles. The van der Waals surface area contributed by atoms with Gasteiger partial charge in [-0.15, -0.1) is 5.10 Å². The van der Waals surface area contributed by atoms with Crippen LogP contribution in [-0.2, 0) is 16.9 Å². The number of hydrogen-bond donors (Lipinski definition) is 1. The zero-order valence-electron chi connectivity index (χ0n) is 9.68. The van der Waals surface area contributed by atoms with Crippen LogP contribution in [0.1, 0.15) is 26.0 Å². The van der Waals surface area contributed by atoms with Crippen molar-refractivity contribution in [2.75, 3.05) is 13.1 Å². The molecule has 0 aliphatic carbocycles. The van der Waals surface area contributed by atoms with E-state index in [1.807, 2.05) is 18.7 Å². The first-order valence-corrected chi connectivity index (χ1v) is 5.44. The van der Waals surface area contributed by atoms with Crippen molar-refractivity contribution in [1.29, 1.82) is 0 Å². The van der Waals surface area contributed by atoms with Crippen LogP contribution >= 0.6 is 0 Å². The van der Waals surface area contributed by atoms with Crippen molar-refractivity contribution in [3.8, 4) is 0 Å². The molecule has 0 unspecified atom stereocenters. The SMILES string of the molecule is CC(C)(N)c1cn(CC(=O)N2CCC2)nn1. The number of amides is 1. The molecule has 0 spiro atoms. The van der Waals surface area contributed by atoms with Gasteiger partial charge in [-0.05, 0) is 20.3 Å². The molecule has 0 saturated carbocycles. The van der Waals surface area contributed by atoms with Crippen LogP contribution in [0.2, 0.25) is 0 Å². The Bertz CT molecular complexity index is 388. The molecule has 0 radical (unpaired) electrons. The van der Waals surface area contributed by atoms with Crippen molar-refractivity contribution < 1.29 is 4.79 Å². The van der Waals surface area contributed by atoms with E-state index in [9.17, 15) is 4.79 Å². The number of nitrogens with two attached hydrogens (primary N) is 1. The fraction of sp³-hybridized carbons (Fsp3) is 0.700. The van der Waals surface area contributed by atoms with Crippen LogP contribution in [0, 0.1) is 0 Å². The average molecular weight is 223 g/mol. The molecule has 2 N–H and O–H groups in total. The number of aromatic nitrogens is 3. The highest BCUT2D eigenvalue weighted by molar-refractivity contribution is 5.76. The quantitative estimate of drug-likeness (QED) is 0.763. The zero-order chi connectivity index (χ0) is 11.8. The molecule has 1 fully saturated rings. The summed E-state index contributed by atoms with van der Waals surface area (Å²) in [5, 5.41) is 7.86. The molecule has 0 aromatic carbocycles. The molecule has 6 nitrogen and oxygen atoms in total. The smallest absolute Gasteiger partial charge is 0.244 e. The Hall–Kier alpha value is -1.43. The summed E-state index contributed by atoms with van der Waals surface area (Å²) in [6, 6.07) is 0. The predicted molar refractivity (Wildman–Crippen MR) is 58.4 cm³/mol. The average Bonchev–Trinajstić information content (AvgIpc) is 2.47. The molecule has 1 aromatic heterocycles. The fourth-order valence-corrected chi connectivity index (χ4v) is 1.48. The molecule has 0 bridgehead atoms. The minimum absolute atomic E-state index is 0.0949. The fourth-order valence-electron chi connectivity index (χ4n) is 1.48. The third kappa shape index (κ3) is 2.21. The Morgan fingerprint density at radius 2 is 2.25 bits per heavy atom. The minimum atomic E-state index is -0.516. The Balaban J connectivity index is 1.99. The van der Waals surface area contributed by atoms with Crippen LogP contribution in [0.15, 0.2) is 6.20 Å². The van der Waals surface area contributed by atoms with Crippen LogP contribution in [0.3, 0.4) is 0 Å². The van der Waals surface area contributed by atoms with Gasteiger partial charge in [0.05, 0.1) is 11.7 Å². The van der Waals surface area contributed by atoms with Crippen molar-refractivity contribution in [3.05, 3.63) is 11.9 Å². The van der Waals surface area contributed by atoms with E-state index in [1.165, 1.54) is 0 Å². The van der Waals surface area contributed by atoms with Crippen LogP contribution < -0.4 is 5.73 Å². The monoisotopic (exact) mass is 223 g/mol. The minimum Gasteiger partial charge on any atom is -0.341 e. The summed E-state index contributed by atoms with van der Waals surface area (Å²) in [6.07, 6.45) is 2.84. The van der Waals surface area contributed by atoms with E-state index >= 15 is 0 Å². The lowest BCUT2D eigenvalue weighted by Gasteiger charge is -2.30. The maximum atomic E-state index is 11.7. The summed E-state index contributed by atoms with van der Waals surface area (Å²) in [5.74, 6) is 0.0949. The lowest BCUT2D eigenvalue weighted by atomic mass is 10.0. The van der Waals surface area contributed by atoms with Crippen molar-refractivity contribution in [2.24, 2.45) is 5.73 Å². The van der Waals surface area contributed by atoms with E-state index in [2.05, 4.69) is 10.3 Å². The maximum Gasteiger partial charge on any atom is 0.244 e. The Morgan fingerprint density at radius 3 is 2.69 bits per heavy atom. The number of likely N-dealkylation sites (tertiary alicyclic amines) is 1. The van der Waals surface area contributed by atoms with Crippen molar-refractivity contribution in [1.82, 2.24) is 19.9 Å². The normalized spacial score (nSPS) is 16.1. The molecule has 1 aliphatic rings. The van der Waals surface area contributed by atoms with E-state index < -0.39 is 5.54 Å². The van der Waals surface area contributed by atoms with E-state index in [4.69, 9.17) is 5.73 Å². The maximum absolute atomic E-state index is 11.7. The zero-order valence-corrected chi connectivity index (χ0v) is 9.68. The molecule has 1 saturated heterocycles. The third-order valence-electron chi connectivity index (χ3n) is 2.70. The summed E-state index contributed by atoms with van der Waals surface area (Å²) in [5.41, 5.74) is 6.07. The molecule has 2 rings (SSSR count). The van der Waals surface area contributed by atoms with Crippen LogP contribution in [-0.4, -0.2) is 38.9 Å². The van der Waals surface area contributed by atoms with Gasteiger partial charge in [0.25, 0.3) is 0 Å². The van der Waals surface area contributed by atoms with E-state index in [-0.39, 0.29) is 12.5 Å². The number of rotatable bonds is 3. The standard InChI is InChI=1S/C10H17N5O/c1-10(2,11)8-6-15(13-12-8)7-9(16)14-4-3-5-14/h6H,3-5,7,11H2,1-2H3. The topological polar surface area (TPSA) is 77.0 Å². The second kappa shape index (κ2) is 3.86. The second-order valence-electron chi connectivity index (χ2n) is 4.76. The van der Waals surface area contributed by atoms with Gasteiger partial charge in [-0.1, -0.05) is 5.21 Å². The number of hydrogen-bond acceptors (Lipinski definition) is 4. The van der Waals surface area contributed by atoms with Gasteiger partial charge < -0.3 is 10.6 Å². The largest absolute Gasteiger partial charge is 0.341 e. The van der Waals surface area contributed by atoms with Crippen LogP contribution in [0.5, 0.6) is 0 Å². The molecule has 16 heavy (non-hydrogen) atoms. The molecule has 2 heterocycles. The lowest BCUT2D eigenvalue weighted by Crippen LogP contribution is -2.43. The van der Waals surface area contributed by atoms with E-state index in [0.717, 1.165) is 19.5 Å². The highest BCUT2D eigenvalue weighted by Gasteiger charge is 2.22. The predicted octanol–water partition coefficient (Wildman–Crippen LogP) is -0.296. The first kappa shape index (κ1) is 11.1. The second-order valence-corrected chi connectivity index (χ2v) is 4.76. The van der Waals surface area contributed by atoms with Gasteiger partial charge >= 0.3 is 0 Å². The van der Waals surface area contributed by atoms with Gasteiger partial charge in [0.2, 0.25) is 5.91 Å². The molecular weight excluding hydrogens is 206 g/mol. The number of carbonyl (C=O) groups is 1. The van der Waals surface area contributed by atoms with E-state index in [0.29, 0.717) is 5.69 Å². The first-order chi connectivity index (χ1) is 7.47. The Morgan fingerprint density at radius 1 is 1.56 bits per heavy atom. The van der Waals surface area contributed by atoms with Crippen LogP contribution in [0.4, 0.5) is 0 Å². The van der Waals surface area contributed by atoms with E-state index in [1.54, 1.807) is 10.9 Å². The van der Waals surface area contributed by atoms with Crippen molar-refractivity contribution >= 4 is 5.91 Å². The molecule has 0 atom stereocenters. The number of nitrogens with zero attached hydrogens (tertiary/aromatic N) is 4. The van der Waals surface area contributed by atoms with Gasteiger partial charge in [0.15, 0.2) is 0 Å². The summed E-state index contributed by atoms with van der Waals surface area (Å²) >= 11 is 0. The van der Waals surface area contributed by atoms with Gasteiger partial charge in [0.1, 0.15) is 12.2 Å². The lowest BCUT2D eigenvalue weighted by molar-refractivity contribution is -0.135. The number of carbonyl (C=O) groups excluding carboxylic acids is 1. The molecular formula is C10H17N5O. The van der Waals surface area contributed by atoms with Gasteiger partial charge in [-0.3, -0.25) is 4.79 Å². The van der Waals surface area contributed by atoms with Gasteiger partial charge in [-0.2, -0.15) is 0 Å². The molecule has 1 amide bonds. The summed E-state index contributed by atoms with van der Waals surface area (Å²) in [6.45, 7) is 5.70. The van der Waals surface area contributed by atoms with Gasteiger partial charge in [-0.25, -0.2) is 4.68 Å². The molecule has 1 aromatic rings. The first-order valence-electron chi connectivity index (χ1n) is 5.44. The summed E-state index contributed by atoms with van der Waals surface area (Å²) < 4.78 is 1.55. The molecule has 88 valence electrons. The highest BCUT2D eigenvalue weighted by atomic mass is 16.2. The van der Waals surface area contributed by atoms with Crippen molar-refractivity contribution in [3.63, 3.8) is 0 Å². The summed E-state index contributed by atoms with van der Waals surface area (Å²) in [7, 11) is 0. The molecule has 6 heteroatoms. The Kier molecular flexibility index (Phi) is 2.67.